The maximum absolute atomic E-state index is 7.57. The first-order valence-corrected chi connectivity index (χ1v) is 3.84. The van der Waals surface area contributed by atoms with Crippen molar-refractivity contribution in [1.29, 1.82) is 0 Å². The Labute approximate surface area is 87.1 Å². The van der Waals surface area contributed by atoms with Gasteiger partial charge in [0.2, 0.25) is 0 Å². The van der Waals surface area contributed by atoms with Gasteiger partial charge in [-0.15, -0.1) is 0 Å². The lowest BCUT2D eigenvalue weighted by atomic mass is 10.9. The van der Waals surface area contributed by atoms with Gasteiger partial charge in [0.25, 0.3) is 0 Å². The van der Waals surface area contributed by atoms with Crippen molar-refractivity contribution in [2.45, 2.75) is 13.8 Å². The molecule has 0 rings (SSSR count). The molecule has 0 aliphatic rings. The van der Waals surface area contributed by atoms with E-state index in [1.807, 2.05) is 0 Å². The van der Waals surface area contributed by atoms with E-state index in [-0.39, 0.29) is 13.2 Å². The van der Waals surface area contributed by atoms with E-state index in [0.29, 0.717) is 0 Å². The van der Waals surface area contributed by atoms with Crippen molar-refractivity contribution in [3.63, 3.8) is 0 Å². The van der Waals surface area contributed by atoms with Crippen molar-refractivity contribution in [3.05, 3.63) is 0 Å². The molecule has 0 amide bonds. The minimum absolute atomic E-state index is 0.250. The lowest BCUT2D eigenvalue weighted by molar-refractivity contribution is 0.318. The zero-order valence-corrected chi connectivity index (χ0v) is 10.1. The summed E-state index contributed by atoms with van der Waals surface area (Å²) in [5.41, 5.74) is 0. The average molecular weight is 220 g/mol. The first-order valence-electron chi connectivity index (χ1n) is 3.84. The molecule has 0 aliphatic heterocycles. The van der Waals surface area contributed by atoms with Gasteiger partial charge >= 0.3 is 0 Å². The van der Waals surface area contributed by atoms with E-state index in [1.54, 1.807) is 13.8 Å². The van der Waals surface area contributed by atoms with Gasteiger partial charge in [-0.3, -0.25) is 0 Å². The third kappa shape index (κ3) is 23600. The lowest BCUT2D eigenvalue weighted by Gasteiger charge is -1.52. The smallest absolute Gasteiger partial charge is 0.0402 e. The third-order valence-corrected chi connectivity index (χ3v) is 0. The number of aliphatic hydroxyl groups excluding tert-OH is 6. The second-order valence-electron chi connectivity index (χ2n) is 0.632. The van der Waals surface area contributed by atoms with Gasteiger partial charge in [-0.05, 0) is 13.8 Å². The molecule has 0 fully saturated rings. The monoisotopic (exact) mass is 220 g/mol. The molecule has 0 spiro atoms. The fraction of sp³-hybridized carbons (Fsp3) is 1.00. The lowest BCUT2D eigenvalue weighted by Crippen LogP contribution is -1.57. The number of aliphatic hydroxyl groups is 6. The summed E-state index contributed by atoms with van der Waals surface area (Å²) in [6, 6.07) is 0. The molecule has 0 radical (unpaired) electrons. The first-order chi connectivity index (χ1) is 6.83. The Morgan fingerprint density at radius 3 is 0.500 bits per heavy atom. The van der Waals surface area contributed by atoms with Crippen LogP contribution in [0.5, 0.6) is 0 Å². The fourth-order valence-electron chi connectivity index (χ4n) is 0. The van der Waals surface area contributed by atoms with Gasteiger partial charge in [0, 0.05) is 41.7 Å². The van der Waals surface area contributed by atoms with E-state index in [9.17, 15) is 0 Å². The van der Waals surface area contributed by atoms with Crippen LogP contribution in [0.2, 0.25) is 0 Å². The molecule has 6 heteroatoms. The molecule has 0 aromatic rings. The largest absolute Gasteiger partial charge is 0.400 e. The number of hydrogen-bond donors (Lipinski definition) is 6. The zero-order chi connectivity index (χ0) is 13.4. The minimum Gasteiger partial charge on any atom is -0.400 e. The van der Waals surface area contributed by atoms with Crippen molar-refractivity contribution in [1.82, 2.24) is 0 Å². The van der Waals surface area contributed by atoms with Crippen LogP contribution in [0.4, 0.5) is 0 Å². The predicted molar refractivity (Wildman–Crippen MR) is 58.1 cm³/mol. The zero-order valence-electron chi connectivity index (χ0n) is 10.1. The van der Waals surface area contributed by atoms with Gasteiger partial charge in [0.05, 0.1) is 0 Å². The van der Waals surface area contributed by atoms with Crippen molar-refractivity contribution < 1.29 is 30.6 Å². The van der Waals surface area contributed by atoms with Crippen LogP contribution in [0.1, 0.15) is 13.8 Å². The molecule has 0 bridgehead atoms. The van der Waals surface area contributed by atoms with Crippen LogP contribution in [0.3, 0.4) is 0 Å². The van der Waals surface area contributed by atoms with E-state index in [4.69, 9.17) is 30.6 Å². The standard InChI is InChI=1S/2C2H6O.4CH4O/c2*1-2-3;4*1-2/h2*3H,2H2,1H3;4*2H,1H3. The van der Waals surface area contributed by atoms with Gasteiger partial charge in [-0.2, -0.15) is 0 Å². The molecular weight excluding hydrogens is 192 g/mol. The molecule has 6 nitrogen and oxygen atoms in total. The van der Waals surface area contributed by atoms with Crippen molar-refractivity contribution >= 4 is 0 Å². The Morgan fingerprint density at radius 2 is 0.500 bits per heavy atom. The second kappa shape index (κ2) is 570. The van der Waals surface area contributed by atoms with Gasteiger partial charge in [0.1, 0.15) is 0 Å². The van der Waals surface area contributed by atoms with Crippen LogP contribution in [-0.2, 0) is 0 Å². The average Bonchev–Trinajstić information content (AvgIpc) is 2.31. The highest BCUT2D eigenvalue weighted by atomic mass is 16.3. The molecule has 0 heterocycles. The summed E-state index contributed by atoms with van der Waals surface area (Å²) in [6.07, 6.45) is 0. The molecule has 0 atom stereocenters. The molecule has 14 heavy (non-hydrogen) atoms. The van der Waals surface area contributed by atoms with E-state index in [0.717, 1.165) is 28.4 Å². The third-order valence-electron chi connectivity index (χ3n) is 0. The summed E-state index contributed by atoms with van der Waals surface area (Å²) in [7, 11) is 4.00. The predicted octanol–water partition coefficient (Wildman–Crippen LogP) is -1.57. The normalized spacial score (nSPS) is 4.29. The molecule has 0 aromatic heterocycles. The summed E-state index contributed by atoms with van der Waals surface area (Å²) in [6.45, 7) is 3.86. The highest BCUT2D eigenvalue weighted by Crippen LogP contribution is 1.30. The van der Waals surface area contributed by atoms with Crippen LogP contribution in [0, 0.1) is 0 Å². The molecule has 0 saturated carbocycles. The number of hydrogen-bond acceptors (Lipinski definition) is 6. The fourth-order valence-corrected chi connectivity index (χ4v) is 0. The van der Waals surface area contributed by atoms with Gasteiger partial charge < -0.3 is 30.6 Å². The van der Waals surface area contributed by atoms with Crippen LogP contribution < -0.4 is 0 Å². The van der Waals surface area contributed by atoms with Crippen LogP contribution in [0.25, 0.3) is 0 Å². The summed E-state index contributed by atoms with van der Waals surface area (Å²) in [4.78, 5) is 0. The SMILES string of the molecule is CCO.CCO.CO.CO.CO.CO. The van der Waals surface area contributed by atoms with Crippen LogP contribution in [0.15, 0.2) is 0 Å². The Hall–Kier alpha value is -0.240. The maximum atomic E-state index is 7.57. The Morgan fingerprint density at radius 1 is 0.500 bits per heavy atom. The van der Waals surface area contributed by atoms with Crippen LogP contribution >= 0.6 is 0 Å². The van der Waals surface area contributed by atoms with Crippen molar-refractivity contribution in [2.24, 2.45) is 0 Å². The molecular formula is C8H28O6. The molecule has 6 N–H and O–H groups in total. The summed E-state index contributed by atoms with van der Waals surface area (Å²) in [5.74, 6) is 0. The molecule has 0 aromatic carbocycles. The van der Waals surface area contributed by atoms with Gasteiger partial charge in [-0.25, -0.2) is 0 Å². The summed E-state index contributed by atoms with van der Waals surface area (Å²) >= 11 is 0. The quantitative estimate of drug-likeness (QED) is 0.293. The topological polar surface area (TPSA) is 121 Å². The molecule has 0 saturated heterocycles. The van der Waals surface area contributed by atoms with Gasteiger partial charge in [0.15, 0.2) is 0 Å². The summed E-state index contributed by atoms with van der Waals surface area (Å²) in [5, 5.41) is 43.1. The van der Waals surface area contributed by atoms with Crippen molar-refractivity contribution in [3.8, 4) is 0 Å². The first kappa shape index (κ1) is 37.2. The Balaban J connectivity index is -0.0000000139. The molecule has 0 unspecified atom stereocenters. The second-order valence-corrected chi connectivity index (χ2v) is 0.632. The van der Waals surface area contributed by atoms with Gasteiger partial charge in [-0.1, -0.05) is 0 Å². The Kier molecular flexibility index (Phi) is 1510. The van der Waals surface area contributed by atoms with E-state index >= 15 is 0 Å². The maximum Gasteiger partial charge on any atom is 0.0402 e. The highest BCUT2D eigenvalue weighted by Gasteiger charge is 1.34. The van der Waals surface area contributed by atoms with Crippen LogP contribution in [-0.4, -0.2) is 72.3 Å². The Bertz CT molecular complexity index is 15.8. The number of rotatable bonds is 0. The van der Waals surface area contributed by atoms with E-state index in [1.165, 1.54) is 0 Å². The van der Waals surface area contributed by atoms with Crippen molar-refractivity contribution in [2.75, 3.05) is 41.7 Å². The summed E-state index contributed by atoms with van der Waals surface area (Å²) < 4.78 is 0. The molecule has 96 valence electrons. The van der Waals surface area contributed by atoms with E-state index in [2.05, 4.69) is 0 Å². The minimum atomic E-state index is 0.250. The molecule has 0 aliphatic carbocycles. The highest BCUT2D eigenvalue weighted by molar-refractivity contribution is 3.84. The van der Waals surface area contributed by atoms with E-state index < -0.39 is 0 Å².